The third-order valence-corrected chi connectivity index (χ3v) is 2.43. The summed E-state index contributed by atoms with van der Waals surface area (Å²) in [4.78, 5) is 4.27. The Bertz CT molecular complexity index is 307. The minimum absolute atomic E-state index is 0.621. The summed E-state index contributed by atoms with van der Waals surface area (Å²) in [5, 5.41) is 0. The normalized spacial score (nSPS) is 15.7. The molecule has 0 unspecified atom stereocenters. The average molecular weight is 163 g/mol. The van der Waals surface area contributed by atoms with Crippen LogP contribution < -0.4 is 11.5 Å². The highest BCUT2D eigenvalue weighted by molar-refractivity contribution is 5.67. The van der Waals surface area contributed by atoms with E-state index in [9.17, 15) is 0 Å². The molecule has 4 N–H and O–H groups in total. The molecule has 1 heterocycles. The van der Waals surface area contributed by atoms with Gasteiger partial charge in [-0.25, -0.2) is 0 Å². The fraction of sp³-hybridized carbons (Fsp3) is 0.444. The molecule has 0 bridgehead atoms. The van der Waals surface area contributed by atoms with Crippen LogP contribution in [0.2, 0.25) is 0 Å². The first-order valence-corrected chi connectivity index (χ1v) is 4.30. The average Bonchev–Trinajstić information content (AvgIpc) is 2.12. The van der Waals surface area contributed by atoms with E-state index >= 15 is 0 Å². The van der Waals surface area contributed by atoms with Crippen molar-refractivity contribution in [3.8, 4) is 0 Å². The molecule has 12 heavy (non-hydrogen) atoms. The molecule has 0 radical (unpaired) electrons. The molecule has 0 spiro atoms. The fourth-order valence-corrected chi connectivity index (χ4v) is 1.71. The first-order valence-electron chi connectivity index (χ1n) is 4.30. The van der Waals surface area contributed by atoms with Crippen LogP contribution in [0.15, 0.2) is 6.20 Å². The van der Waals surface area contributed by atoms with Gasteiger partial charge < -0.3 is 11.5 Å². The highest BCUT2D eigenvalue weighted by Crippen LogP contribution is 2.27. The van der Waals surface area contributed by atoms with Gasteiger partial charge in [0.25, 0.3) is 0 Å². The van der Waals surface area contributed by atoms with Crippen LogP contribution in [-0.2, 0) is 12.8 Å². The molecule has 3 heteroatoms. The number of aromatic nitrogens is 1. The number of aryl methyl sites for hydroxylation is 1. The maximum absolute atomic E-state index is 5.84. The predicted molar refractivity (Wildman–Crippen MR) is 49.7 cm³/mol. The van der Waals surface area contributed by atoms with Crippen LogP contribution in [0.5, 0.6) is 0 Å². The molecule has 1 aliphatic rings. The van der Waals surface area contributed by atoms with Crippen LogP contribution in [0, 0.1) is 0 Å². The van der Waals surface area contributed by atoms with Crippen molar-refractivity contribution in [1.29, 1.82) is 0 Å². The lowest BCUT2D eigenvalue weighted by Crippen LogP contribution is -2.10. The Labute approximate surface area is 71.8 Å². The van der Waals surface area contributed by atoms with Crippen molar-refractivity contribution >= 4 is 11.4 Å². The van der Waals surface area contributed by atoms with Gasteiger partial charge in [0, 0.05) is 5.69 Å². The second kappa shape index (κ2) is 2.66. The first-order chi connectivity index (χ1) is 5.79. The van der Waals surface area contributed by atoms with E-state index in [0.29, 0.717) is 5.69 Å². The quantitative estimate of drug-likeness (QED) is 0.602. The molecule has 0 fully saturated rings. The maximum Gasteiger partial charge on any atom is 0.0737 e. The van der Waals surface area contributed by atoms with E-state index in [1.807, 2.05) is 0 Å². The van der Waals surface area contributed by atoms with Crippen molar-refractivity contribution in [2.75, 3.05) is 11.5 Å². The summed E-state index contributed by atoms with van der Waals surface area (Å²) in [5.41, 5.74) is 15.2. The molecule has 1 aromatic rings. The SMILES string of the molecule is Nc1cnc2c(c1N)CCCC2. The lowest BCUT2D eigenvalue weighted by molar-refractivity contribution is 0.670. The Morgan fingerprint density at radius 2 is 1.92 bits per heavy atom. The van der Waals surface area contributed by atoms with Gasteiger partial charge in [0.2, 0.25) is 0 Å². The van der Waals surface area contributed by atoms with Crippen molar-refractivity contribution in [3.63, 3.8) is 0 Å². The van der Waals surface area contributed by atoms with Crippen molar-refractivity contribution in [3.05, 3.63) is 17.5 Å². The number of fused-ring (bicyclic) bond motifs is 1. The number of hydrogen-bond acceptors (Lipinski definition) is 3. The van der Waals surface area contributed by atoms with Gasteiger partial charge in [-0.05, 0) is 31.2 Å². The number of rotatable bonds is 0. The highest BCUT2D eigenvalue weighted by atomic mass is 14.8. The lowest BCUT2D eigenvalue weighted by Gasteiger charge is -2.17. The molecule has 1 aromatic heterocycles. The molecule has 1 aliphatic carbocycles. The van der Waals surface area contributed by atoms with Crippen molar-refractivity contribution < 1.29 is 0 Å². The zero-order valence-corrected chi connectivity index (χ0v) is 7.01. The smallest absolute Gasteiger partial charge is 0.0737 e. The van der Waals surface area contributed by atoms with E-state index in [0.717, 1.165) is 24.2 Å². The molecule has 2 rings (SSSR count). The summed E-state index contributed by atoms with van der Waals surface area (Å²) in [6.07, 6.45) is 6.20. The minimum Gasteiger partial charge on any atom is -0.397 e. The Balaban J connectivity index is 2.54. The molecule has 0 aliphatic heterocycles. The summed E-state index contributed by atoms with van der Waals surface area (Å²) in [6, 6.07) is 0. The van der Waals surface area contributed by atoms with Crippen LogP contribution >= 0.6 is 0 Å². The standard InChI is InChI=1S/C9H13N3/c10-7-5-12-8-4-2-1-3-6(8)9(7)11/h5H,1-4,10H2,(H2,11,12). The summed E-state index contributed by atoms with van der Waals surface area (Å²) in [7, 11) is 0. The van der Waals surface area contributed by atoms with Gasteiger partial charge in [-0.2, -0.15) is 0 Å². The maximum atomic E-state index is 5.84. The molecular weight excluding hydrogens is 150 g/mol. The second-order valence-corrected chi connectivity index (χ2v) is 3.26. The van der Waals surface area contributed by atoms with Gasteiger partial charge >= 0.3 is 0 Å². The number of nitrogen functional groups attached to an aromatic ring is 2. The van der Waals surface area contributed by atoms with Gasteiger partial charge in [-0.1, -0.05) is 0 Å². The Morgan fingerprint density at radius 3 is 2.75 bits per heavy atom. The summed E-state index contributed by atoms with van der Waals surface area (Å²) >= 11 is 0. The van der Waals surface area contributed by atoms with Gasteiger partial charge in [0.1, 0.15) is 0 Å². The second-order valence-electron chi connectivity index (χ2n) is 3.26. The minimum atomic E-state index is 0.621. The van der Waals surface area contributed by atoms with Gasteiger partial charge in [-0.15, -0.1) is 0 Å². The Hall–Kier alpha value is -1.25. The molecular formula is C9H13N3. The molecule has 0 saturated carbocycles. The van der Waals surface area contributed by atoms with Gasteiger partial charge in [0.05, 0.1) is 17.6 Å². The molecule has 0 amide bonds. The van der Waals surface area contributed by atoms with E-state index < -0.39 is 0 Å². The monoisotopic (exact) mass is 163 g/mol. The van der Waals surface area contributed by atoms with Crippen LogP contribution in [0.1, 0.15) is 24.1 Å². The van der Waals surface area contributed by atoms with Crippen molar-refractivity contribution in [1.82, 2.24) is 4.98 Å². The highest BCUT2D eigenvalue weighted by Gasteiger charge is 2.14. The fourth-order valence-electron chi connectivity index (χ4n) is 1.71. The van der Waals surface area contributed by atoms with E-state index in [2.05, 4.69) is 4.98 Å². The topological polar surface area (TPSA) is 64.9 Å². The van der Waals surface area contributed by atoms with Crippen LogP contribution in [-0.4, -0.2) is 4.98 Å². The molecule has 0 saturated heterocycles. The van der Waals surface area contributed by atoms with E-state index in [1.165, 1.54) is 18.4 Å². The van der Waals surface area contributed by atoms with Crippen LogP contribution in [0.4, 0.5) is 11.4 Å². The Morgan fingerprint density at radius 1 is 1.17 bits per heavy atom. The predicted octanol–water partition coefficient (Wildman–Crippen LogP) is 1.12. The van der Waals surface area contributed by atoms with E-state index in [4.69, 9.17) is 11.5 Å². The molecule has 0 aromatic carbocycles. The molecule has 0 atom stereocenters. The largest absolute Gasteiger partial charge is 0.397 e. The zero-order chi connectivity index (χ0) is 8.55. The zero-order valence-electron chi connectivity index (χ0n) is 7.01. The van der Waals surface area contributed by atoms with Crippen LogP contribution in [0.25, 0.3) is 0 Å². The van der Waals surface area contributed by atoms with Gasteiger partial charge in [-0.3, -0.25) is 4.98 Å². The number of hydrogen-bond donors (Lipinski definition) is 2. The first kappa shape index (κ1) is 7.40. The number of nitrogens with zero attached hydrogens (tertiary/aromatic N) is 1. The number of pyridine rings is 1. The van der Waals surface area contributed by atoms with Gasteiger partial charge in [0.15, 0.2) is 0 Å². The van der Waals surface area contributed by atoms with Crippen LogP contribution in [0.3, 0.4) is 0 Å². The molecule has 64 valence electrons. The van der Waals surface area contributed by atoms with Crippen molar-refractivity contribution in [2.24, 2.45) is 0 Å². The lowest BCUT2D eigenvalue weighted by atomic mass is 9.94. The van der Waals surface area contributed by atoms with E-state index in [1.54, 1.807) is 6.20 Å². The molecule has 3 nitrogen and oxygen atoms in total. The van der Waals surface area contributed by atoms with Crippen molar-refractivity contribution in [2.45, 2.75) is 25.7 Å². The number of nitrogens with two attached hydrogens (primary N) is 2. The van der Waals surface area contributed by atoms with E-state index in [-0.39, 0.29) is 0 Å². The third kappa shape index (κ3) is 1.02. The summed E-state index contributed by atoms with van der Waals surface area (Å²) in [5.74, 6) is 0. The third-order valence-electron chi connectivity index (χ3n) is 2.43. The number of anilines is 2. The summed E-state index contributed by atoms with van der Waals surface area (Å²) < 4.78 is 0. The Kier molecular flexibility index (Phi) is 1.64. The summed E-state index contributed by atoms with van der Waals surface area (Å²) in [6.45, 7) is 0.